The summed E-state index contributed by atoms with van der Waals surface area (Å²) in [7, 11) is 0. The summed E-state index contributed by atoms with van der Waals surface area (Å²) in [6.07, 6.45) is -0.0347. The molecule has 0 aromatic heterocycles. The fourth-order valence-corrected chi connectivity index (χ4v) is 3.58. The second-order valence-corrected chi connectivity index (χ2v) is 6.35. The van der Waals surface area contributed by atoms with Gasteiger partial charge in [-0.2, -0.15) is 13.2 Å². The van der Waals surface area contributed by atoms with Gasteiger partial charge in [-0.15, -0.1) is 0 Å². The van der Waals surface area contributed by atoms with Crippen molar-refractivity contribution in [3.05, 3.63) is 35.4 Å². The largest absolute Gasteiger partial charge is 0.416 e. The lowest BCUT2D eigenvalue weighted by atomic mass is 10.1. The lowest BCUT2D eigenvalue weighted by Crippen LogP contribution is -2.53. The van der Waals surface area contributed by atoms with E-state index in [1.54, 1.807) is 12.1 Å². The molecule has 0 saturated carbocycles. The lowest BCUT2D eigenvalue weighted by molar-refractivity contribution is -0.952. The van der Waals surface area contributed by atoms with Crippen LogP contribution in [-0.2, 0) is 12.7 Å². The Hall–Kier alpha value is -1.07. The molecule has 1 N–H and O–H groups in total. The number of rotatable bonds is 6. The van der Waals surface area contributed by atoms with Gasteiger partial charge in [0.05, 0.1) is 25.3 Å². The van der Waals surface area contributed by atoms with Crippen molar-refractivity contribution in [2.75, 3.05) is 19.7 Å². The number of likely N-dealkylation sites (tertiary alicyclic amines) is 1. The number of aliphatic hydroxyl groups excluding tert-OH is 1. The van der Waals surface area contributed by atoms with E-state index in [1.165, 1.54) is 0 Å². The van der Waals surface area contributed by atoms with Gasteiger partial charge in [-0.1, -0.05) is 25.5 Å². The highest BCUT2D eigenvalue weighted by Gasteiger charge is 2.41. The highest BCUT2D eigenvalue weighted by atomic mass is 19.4. The van der Waals surface area contributed by atoms with Crippen molar-refractivity contribution in [1.82, 2.24) is 0 Å². The number of quaternary nitrogens is 1. The van der Waals surface area contributed by atoms with Crippen LogP contribution in [0, 0.1) is 0 Å². The summed E-state index contributed by atoms with van der Waals surface area (Å²) in [6, 6.07) is 5.71. The SMILES string of the molecule is CCCC[N+]1(Cc2ccc(C(F)(F)F)cc2)CCC[C@H]1CO. The van der Waals surface area contributed by atoms with Gasteiger partial charge in [0.15, 0.2) is 0 Å². The van der Waals surface area contributed by atoms with E-state index in [1.807, 2.05) is 0 Å². The maximum atomic E-state index is 12.6. The Morgan fingerprint density at radius 1 is 1.23 bits per heavy atom. The molecule has 0 radical (unpaired) electrons. The molecule has 2 nitrogen and oxygen atoms in total. The zero-order valence-electron chi connectivity index (χ0n) is 13.1. The normalized spacial score (nSPS) is 25.6. The molecule has 1 saturated heterocycles. The molecule has 2 atom stereocenters. The summed E-state index contributed by atoms with van der Waals surface area (Å²) in [4.78, 5) is 0. The van der Waals surface area contributed by atoms with Gasteiger partial charge in [0, 0.05) is 18.4 Å². The second-order valence-electron chi connectivity index (χ2n) is 6.35. The van der Waals surface area contributed by atoms with Crippen LogP contribution in [0.25, 0.3) is 0 Å². The Bertz CT molecular complexity index is 472. The van der Waals surface area contributed by atoms with Crippen LogP contribution >= 0.6 is 0 Å². The van der Waals surface area contributed by atoms with E-state index in [9.17, 15) is 18.3 Å². The Labute approximate surface area is 130 Å². The Morgan fingerprint density at radius 3 is 2.45 bits per heavy atom. The molecule has 1 aromatic carbocycles. The van der Waals surface area contributed by atoms with Gasteiger partial charge in [-0.25, -0.2) is 0 Å². The molecule has 1 heterocycles. The molecule has 1 aromatic rings. The van der Waals surface area contributed by atoms with Crippen LogP contribution in [0.15, 0.2) is 24.3 Å². The molecule has 124 valence electrons. The molecule has 1 unspecified atom stereocenters. The van der Waals surface area contributed by atoms with Crippen molar-refractivity contribution >= 4 is 0 Å². The van der Waals surface area contributed by atoms with E-state index < -0.39 is 11.7 Å². The third-order valence-corrected chi connectivity index (χ3v) is 4.86. The van der Waals surface area contributed by atoms with Crippen LogP contribution in [-0.4, -0.2) is 35.3 Å². The van der Waals surface area contributed by atoms with Crippen molar-refractivity contribution in [2.24, 2.45) is 0 Å². The molecule has 0 spiro atoms. The van der Waals surface area contributed by atoms with Crippen LogP contribution < -0.4 is 0 Å². The zero-order valence-corrected chi connectivity index (χ0v) is 13.1. The summed E-state index contributed by atoms with van der Waals surface area (Å²) in [5.41, 5.74) is 0.320. The minimum atomic E-state index is -4.28. The summed E-state index contributed by atoms with van der Waals surface area (Å²) in [5.74, 6) is 0. The van der Waals surface area contributed by atoms with Crippen molar-refractivity contribution in [2.45, 2.75) is 51.4 Å². The average Bonchev–Trinajstić information content (AvgIpc) is 2.87. The van der Waals surface area contributed by atoms with E-state index in [0.717, 1.165) is 61.0 Å². The third kappa shape index (κ3) is 3.82. The minimum Gasteiger partial charge on any atom is -0.390 e. The van der Waals surface area contributed by atoms with Crippen molar-refractivity contribution in [3.63, 3.8) is 0 Å². The maximum absolute atomic E-state index is 12.6. The van der Waals surface area contributed by atoms with Crippen LogP contribution in [0.1, 0.15) is 43.7 Å². The van der Waals surface area contributed by atoms with Gasteiger partial charge in [0.25, 0.3) is 0 Å². The second kappa shape index (κ2) is 7.01. The molecule has 0 bridgehead atoms. The first-order chi connectivity index (χ1) is 10.4. The van der Waals surface area contributed by atoms with E-state index in [-0.39, 0.29) is 12.6 Å². The van der Waals surface area contributed by atoms with Gasteiger partial charge in [-0.3, -0.25) is 0 Å². The first-order valence-electron chi connectivity index (χ1n) is 8.04. The van der Waals surface area contributed by atoms with Crippen LogP contribution in [0.5, 0.6) is 0 Å². The Morgan fingerprint density at radius 2 is 1.91 bits per heavy atom. The molecule has 1 aliphatic rings. The van der Waals surface area contributed by atoms with Gasteiger partial charge in [0.1, 0.15) is 12.6 Å². The highest BCUT2D eigenvalue weighted by Crippen LogP contribution is 2.32. The molecule has 5 heteroatoms. The summed E-state index contributed by atoms with van der Waals surface area (Å²) in [5, 5.41) is 9.67. The molecule has 0 aliphatic carbocycles. The quantitative estimate of drug-likeness (QED) is 0.787. The molecule has 1 aliphatic heterocycles. The Balaban J connectivity index is 2.17. The molecular weight excluding hydrogens is 291 g/mol. The van der Waals surface area contributed by atoms with Gasteiger partial charge in [-0.05, 0) is 18.6 Å². The molecule has 22 heavy (non-hydrogen) atoms. The number of benzene rings is 1. The number of alkyl halides is 3. The van der Waals surface area contributed by atoms with Crippen molar-refractivity contribution in [1.29, 1.82) is 0 Å². The lowest BCUT2D eigenvalue weighted by Gasteiger charge is -2.40. The molecule has 1 fully saturated rings. The Kier molecular flexibility index (Phi) is 5.50. The fraction of sp³-hybridized carbons (Fsp3) is 0.647. The number of hydrogen-bond acceptors (Lipinski definition) is 1. The fourth-order valence-electron chi connectivity index (χ4n) is 3.58. The molecule has 2 rings (SSSR count). The molecular formula is C17H25F3NO+. The number of halogens is 3. The van der Waals surface area contributed by atoms with E-state index >= 15 is 0 Å². The number of hydrogen-bond donors (Lipinski definition) is 1. The van der Waals surface area contributed by atoms with Crippen LogP contribution in [0.3, 0.4) is 0 Å². The van der Waals surface area contributed by atoms with E-state index in [0.29, 0.717) is 6.54 Å². The number of aliphatic hydroxyl groups is 1. The summed E-state index contributed by atoms with van der Waals surface area (Å²) < 4.78 is 38.8. The van der Waals surface area contributed by atoms with E-state index in [4.69, 9.17) is 0 Å². The van der Waals surface area contributed by atoms with E-state index in [2.05, 4.69) is 6.92 Å². The summed E-state index contributed by atoms with van der Waals surface area (Å²) in [6.45, 7) is 5.00. The first-order valence-corrected chi connectivity index (χ1v) is 8.04. The van der Waals surface area contributed by atoms with Gasteiger partial charge in [0.2, 0.25) is 0 Å². The highest BCUT2D eigenvalue weighted by molar-refractivity contribution is 5.24. The first kappa shape index (κ1) is 17.3. The topological polar surface area (TPSA) is 20.2 Å². The minimum absolute atomic E-state index is 0.157. The predicted molar refractivity (Wildman–Crippen MR) is 80.2 cm³/mol. The maximum Gasteiger partial charge on any atom is 0.416 e. The predicted octanol–water partition coefficient (Wildman–Crippen LogP) is 3.98. The number of nitrogens with zero attached hydrogens (tertiary/aromatic N) is 1. The van der Waals surface area contributed by atoms with Gasteiger partial charge >= 0.3 is 6.18 Å². The standard InChI is InChI=1S/C17H25F3NO/c1-2-3-10-21(11-4-5-16(21)13-22)12-14-6-8-15(9-7-14)17(18,19)20/h6-9,16,22H,2-5,10-13H2,1H3/q+1/t16-,21?/m0/s1. The third-order valence-electron chi connectivity index (χ3n) is 4.86. The monoisotopic (exact) mass is 316 g/mol. The number of unbranched alkanes of at least 4 members (excludes halogenated alkanes) is 1. The smallest absolute Gasteiger partial charge is 0.390 e. The van der Waals surface area contributed by atoms with Crippen molar-refractivity contribution < 1.29 is 22.8 Å². The van der Waals surface area contributed by atoms with Crippen LogP contribution in [0.2, 0.25) is 0 Å². The molecule has 0 amide bonds. The van der Waals surface area contributed by atoms with Crippen LogP contribution in [0.4, 0.5) is 13.2 Å². The summed E-state index contributed by atoms with van der Waals surface area (Å²) >= 11 is 0. The zero-order chi connectivity index (χ0) is 16.2. The van der Waals surface area contributed by atoms with Gasteiger partial charge < -0.3 is 9.59 Å². The van der Waals surface area contributed by atoms with Crippen molar-refractivity contribution in [3.8, 4) is 0 Å². The average molecular weight is 316 g/mol.